The Morgan fingerprint density at radius 1 is 0.278 bits per heavy atom. The van der Waals surface area contributed by atoms with Gasteiger partial charge in [-0.25, -0.2) is 0 Å². The van der Waals surface area contributed by atoms with Gasteiger partial charge in [-0.3, -0.25) is 0 Å². The Bertz CT molecular complexity index is 2550. The Hall–Kier alpha value is -5.90. The summed E-state index contributed by atoms with van der Waals surface area (Å²) in [5.41, 5.74) is 6.80. The minimum atomic E-state index is -1.41. The molecule has 2 fully saturated rings. The van der Waals surface area contributed by atoms with Gasteiger partial charge in [-0.1, -0.05) is 212 Å². The molecule has 2 heterocycles. The summed E-state index contributed by atoms with van der Waals surface area (Å²) in [6, 6.07) is 69.7. The molecule has 7 aromatic rings. The minimum absolute atomic E-state index is 0.0957. The Balaban J connectivity index is 1.04. The molecule has 2 aliphatic heterocycles. The van der Waals surface area contributed by atoms with E-state index in [0.717, 1.165) is 38.9 Å². The van der Waals surface area contributed by atoms with Crippen molar-refractivity contribution in [1.82, 2.24) is 0 Å². The van der Waals surface area contributed by atoms with Gasteiger partial charge < -0.3 is 52.5 Å². The van der Waals surface area contributed by atoms with Gasteiger partial charge in [-0.2, -0.15) is 0 Å². The third kappa shape index (κ3) is 14.8. The van der Waals surface area contributed by atoms with Crippen LogP contribution in [-0.4, -0.2) is 79.7 Å². The Morgan fingerprint density at radius 3 is 0.917 bits per heavy atom. The largest absolute Gasteiger partial charge is 0.374 e. The van der Waals surface area contributed by atoms with Crippen LogP contribution in [0.1, 0.15) is 38.9 Å². The fourth-order valence-electron chi connectivity index (χ4n) is 8.97. The Kier molecular flexibility index (Phi) is 19.3. The summed E-state index contributed by atoms with van der Waals surface area (Å²) in [5, 5.41) is 12.0. The summed E-state index contributed by atoms with van der Waals surface area (Å²) in [5.74, 6) is 0. The topological polar surface area (TPSA) is 113 Å². The van der Waals surface area contributed by atoms with Crippen LogP contribution in [-0.2, 0) is 93.6 Å². The second-order valence-corrected chi connectivity index (χ2v) is 18.0. The number of hydrogen-bond donors (Lipinski definition) is 1. The van der Waals surface area contributed by atoms with E-state index in [1.54, 1.807) is 0 Å². The van der Waals surface area contributed by atoms with Crippen LogP contribution in [0.15, 0.2) is 212 Å². The van der Waals surface area contributed by atoms with Crippen LogP contribution in [0.4, 0.5) is 0 Å². The van der Waals surface area contributed by atoms with Crippen molar-refractivity contribution < 1.29 is 52.5 Å². The molecule has 9 rings (SSSR count). The molecule has 0 aliphatic carbocycles. The van der Waals surface area contributed by atoms with Crippen molar-refractivity contribution in [3.63, 3.8) is 0 Å². The number of aliphatic hydroxyl groups excluding tert-OH is 1. The molecule has 0 unspecified atom stereocenters. The van der Waals surface area contributed by atoms with Crippen LogP contribution in [0.3, 0.4) is 0 Å². The number of aliphatic hydroxyl groups is 1. The van der Waals surface area contributed by atoms with Crippen molar-refractivity contribution in [2.75, 3.05) is 13.2 Å². The quantitative estimate of drug-likeness (QED) is 0.0591. The van der Waals surface area contributed by atoms with Crippen LogP contribution < -0.4 is 0 Å². The first-order valence-electron chi connectivity index (χ1n) is 24.8. The predicted octanol–water partition coefficient (Wildman–Crippen LogP) is 10.2. The zero-order valence-corrected chi connectivity index (χ0v) is 40.4. The van der Waals surface area contributed by atoms with Crippen molar-refractivity contribution in [2.45, 2.75) is 108 Å². The van der Waals surface area contributed by atoms with E-state index in [9.17, 15) is 5.11 Å². The highest BCUT2D eigenvalue weighted by molar-refractivity contribution is 5.19. The van der Waals surface area contributed by atoms with E-state index >= 15 is 0 Å². The SMILES string of the molecule is O[C@H]1O[C@H](CO[C@H]2O[C@H](COCc3ccccc3)[C@@H](OCc3ccccc3)[C@H](OCc3ccccc3)[C@H]2OCc2ccccc2)[C@@H](OCc2ccccc2)[C@H](OCc2ccccc2)[C@H]1OCc1ccccc1. The van der Waals surface area contributed by atoms with E-state index in [4.69, 9.17) is 47.4 Å². The highest BCUT2D eigenvalue weighted by Crippen LogP contribution is 2.34. The van der Waals surface area contributed by atoms with E-state index in [2.05, 4.69) is 0 Å². The van der Waals surface area contributed by atoms with Gasteiger partial charge in [0.15, 0.2) is 12.6 Å². The van der Waals surface area contributed by atoms with E-state index in [1.165, 1.54) is 0 Å². The van der Waals surface area contributed by atoms with Gasteiger partial charge >= 0.3 is 0 Å². The number of rotatable bonds is 25. The molecule has 374 valence electrons. The van der Waals surface area contributed by atoms with Crippen molar-refractivity contribution in [2.24, 2.45) is 0 Å². The van der Waals surface area contributed by atoms with E-state index in [-0.39, 0.29) is 52.9 Å². The first kappa shape index (κ1) is 51.0. The van der Waals surface area contributed by atoms with Crippen molar-refractivity contribution in [1.29, 1.82) is 0 Å². The summed E-state index contributed by atoms with van der Waals surface area (Å²) in [6.07, 6.45) is -8.74. The maximum atomic E-state index is 12.0. The van der Waals surface area contributed by atoms with Crippen LogP contribution in [0.2, 0.25) is 0 Å². The highest BCUT2D eigenvalue weighted by Gasteiger charge is 2.52. The third-order valence-electron chi connectivity index (χ3n) is 12.7. The van der Waals surface area contributed by atoms with Crippen LogP contribution in [0.25, 0.3) is 0 Å². The first-order valence-corrected chi connectivity index (χ1v) is 24.8. The predicted molar refractivity (Wildman–Crippen MR) is 272 cm³/mol. The molecule has 11 heteroatoms. The van der Waals surface area contributed by atoms with Crippen LogP contribution >= 0.6 is 0 Å². The molecular formula is C61H64O11. The molecule has 7 aromatic carbocycles. The summed E-state index contributed by atoms with van der Waals surface area (Å²) >= 11 is 0. The smallest absolute Gasteiger partial charge is 0.187 e. The number of hydrogen-bond acceptors (Lipinski definition) is 11. The molecule has 10 atom stereocenters. The molecule has 2 saturated heterocycles. The summed E-state index contributed by atoms with van der Waals surface area (Å²) in [4.78, 5) is 0. The first-order chi connectivity index (χ1) is 35.6. The van der Waals surface area contributed by atoms with Crippen molar-refractivity contribution >= 4 is 0 Å². The van der Waals surface area contributed by atoms with Crippen LogP contribution in [0, 0.1) is 0 Å². The average molecular weight is 973 g/mol. The third-order valence-corrected chi connectivity index (χ3v) is 12.7. The van der Waals surface area contributed by atoms with Gasteiger partial charge in [-0.05, 0) is 38.9 Å². The molecule has 1 N–H and O–H groups in total. The maximum Gasteiger partial charge on any atom is 0.187 e. The molecule has 0 aromatic heterocycles. The maximum absolute atomic E-state index is 12.0. The standard InChI is InChI=1S/C61H64O11/c62-60-58(68-41-50-32-18-6-19-33-50)56(66-39-48-28-14-4-15-29-48)55(65-38-47-26-12-3-13-27-47)53(71-60)44-70-61-59(69-42-51-34-20-7-21-35-51)57(67-40-49-30-16-5-17-31-49)54(64-37-46-24-10-2-11-25-46)52(72-61)43-63-36-45-22-8-1-9-23-45/h1-35,52-62H,36-44H2/t52-,53-,54-,55-,56+,57+,58-,59-,60+,61+/m1/s1. The fraction of sp³-hybridized carbons (Fsp3) is 0.311. The van der Waals surface area contributed by atoms with Gasteiger partial charge in [0, 0.05) is 0 Å². The summed E-state index contributed by atoms with van der Waals surface area (Å²) < 4.78 is 67.9. The molecule has 0 amide bonds. The average Bonchev–Trinajstić information content (AvgIpc) is 3.44. The lowest BCUT2D eigenvalue weighted by molar-refractivity contribution is -0.349. The van der Waals surface area contributed by atoms with Gasteiger partial charge in [0.05, 0.1) is 59.5 Å². The lowest BCUT2D eigenvalue weighted by Gasteiger charge is -2.47. The Labute approximate surface area is 423 Å². The molecule has 72 heavy (non-hydrogen) atoms. The van der Waals surface area contributed by atoms with E-state index in [0.29, 0.717) is 6.61 Å². The summed E-state index contributed by atoms with van der Waals surface area (Å²) in [7, 11) is 0. The molecule has 0 saturated carbocycles. The highest BCUT2D eigenvalue weighted by atomic mass is 16.7. The second-order valence-electron chi connectivity index (χ2n) is 18.0. The van der Waals surface area contributed by atoms with Gasteiger partial charge in [0.1, 0.15) is 48.8 Å². The lowest BCUT2D eigenvalue weighted by atomic mass is 9.97. The fourth-order valence-corrected chi connectivity index (χ4v) is 8.97. The van der Waals surface area contributed by atoms with Gasteiger partial charge in [0.2, 0.25) is 0 Å². The van der Waals surface area contributed by atoms with Gasteiger partial charge in [-0.15, -0.1) is 0 Å². The second kappa shape index (κ2) is 27.2. The normalized spacial score (nSPS) is 24.2. The zero-order chi connectivity index (χ0) is 49.0. The molecule has 0 radical (unpaired) electrons. The number of ether oxygens (including phenoxy) is 10. The molecule has 0 spiro atoms. The minimum Gasteiger partial charge on any atom is -0.374 e. The lowest BCUT2D eigenvalue weighted by Crippen LogP contribution is -2.63. The monoisotopic (exact) mass is 972 g/mol. The Morgan fingerprint density at radius 2 is 0.556 bits per heavy atom. The zero-order valence-electron chi connectivity index (χ0n) is 40.4. The van der Waals surface area contributed by atoms with Crippen molar-refractivity contribution in [3.05, 3.63) is 251 Å². The molecule has 11 nitrogen and oxygen atoms in total. The summed E-state index contributed by atoms with van der Waals surface area (Å²) in [6.45, 7) is 1.89. The van der Waals surface area contributed by atoms with E-state index in [1.807, 2.05) is 212 Å². The molecule has 0 bridgehead atoms. The van der Waals surface area contributed by atoms with Gasteiger partial charge in [0.25, 0.3) is 0 Å². The molecule has 2 aliphatic rings. The van der Waals surface area contributed by atoms with Crippen molar-refractivity contribution in [3.8, 4) is 0 Å². The van der Waals surface area contributed by atoms with Crippen LogP contribution in [0.5, 0.6) is 0 Å². The number of benzene rings is 7. The van der Waals surface area contributed by atoms with E-state index < -0.39 is 61.4 Å². The molecular weight excluding hydrogens is 909 g/mol.